The van der Waals surface area contributed by atoms with Gasteiger partial charge in [0.05, 0.1) is 11.5 Å². The van der Waals surface area contributed by atoms with Gasteiger partial charge in [-0.15, -0.1) is 0 Å². The topological polar surface area (TPSA) is 75.7 Å². The highest BCUT2D eigenvalue weighted by atomic mass is 32.2. The molecule has 0 fully saturated rings. The Kier molecular flexibility index (Phi) is 6.97. The van der Waals surface area contributed by atoms with Crippen molar-refractivity contribution in [2.45, 2.75) is 25.3 Å². The summed E-state index contributed by atoms with van der Waals surface area (Å²) in [5.41, 5.74) is 2.75. The highest BCUT2D eigenvalue weighted by Gasteiger charge is 2.18. The van der Waals surface area contributed by atoms with E-state index in [2.05, 4.69) is 4.72 Å². The van der Waals surface area contributed by atoms with Gasteiger partial charge in [0, 0.05) is 24.8 Å². The normalized spacial score (nSPS) is 11.1. The summed E-state index contributed by atoms with van der Waals surface area (Å²) in [6.07, 6.45) is 0. The van der Waals surface area contributed by atoms with E-state index in [1.54, 1.807) is 36.2 Å². The number of rotatable bonds is 8. The van der Waals surface area contributed by atoms with Crippen LogP contribution in [0.5, 0.6) is 5.75 Å². The van der Waals surface area contributed by atoms with Crippen LogP contribution < -0.4 is 9.46 Å². The van der Waals surface area contributed by atoms with Crippen LogP contribution in [0, 0.1) is 6.92 Å². The van der Waals surface area contributed by atoms with Crippen LogP contribution in [-0.2, 0) is 16.6 Å². The summed E-state index contributed by atoms with van der Waals surface area (Å²) in [6, 6.07) is 20.6. The maximum atomic E-state index is 12.9. The van der Waals surface area contributed by atoms with Crippen molar-refractivity contribution in [1.82, 2.24) is 4.90 Å². The summed E-state index contributed by atoms with van der Waals surface area (Å²) in [4.78, 5) is 14.5. The number of amides is 1. The van der Waals surface area contributed by atoms with E-state index in [4.69, 9.17) is 4.74 Å². The van der Waals surface area contributed by atoms with Gasteiger partial charge in [-0.1, -0.05) is 35.9 Å². The van der Waals surface area contributed by atoms with Gasteiger partial charge in [0.1, 0.15) is 5.75 Å². The molecule has 0 aromatic heterocycles. The molecule has 0 unspecified atom stereocenters. The quantitative estimate of drug-likeness (QED) is 0.563. The highest BCUT2D eigenvalue weighted by Crippen LogP contribution is 2.19. The lowest BCUT2D eigenvalue weighted by molar-refractivity contribution is 0.0785. The molecule has 1 N–H and O–H groups in total. The van der Waals surface area contributed by atoms with Gasteiger partial charge in [-0.25, -0.2) is 8.42 Å². The molecule has 6 nitrogen and oxygen atoms in total. The van der Waals surface area contributed by atoms with Gasteiger partial charge in [0.15, 0.2) is 0 Å². The number of benzene rings is 3. The fourth-order valence-corrected chi connectivity index (χ4v) is 4.16. The number of carbonyl (C=O) groups excluding carboxylic acids is 1. The van der Waals surface area contributed by atoms with Gasteiger partial charge >= 0.3 is 0 Å². The highest BCUT2D eigenvalue weighted by molar-refractivity contribution is 7.92. The number of anilines is 1. The minimum absolute atomic E-state index is 0.0355. The molecule has 0 aliphatic rings. The maximum absolute atomic E-state index is 12.9. The number of hydrogen-bond donors (Lipinski definition) is 1. The number of carbonyl (C=O) groups is 1. The Morgan fingerprint density at radius 3 is 2.32 bits per heavy atom. The molecule has 7 heteroatoms. The summed E-state index contributed by atoms with van der Waals surface area (Å²) >= 11 is 0. The van der Waals surface area contributed by atoms with Gasteiger partial charge in [-0.2, -0.15) is 0 Å². The minimum Gasteiger partial charge on any atom is -0.494 e. The Balaban J connectivity index is 1.73. The van der Waals surface area contributed by atoms with Crippen molar-refractivity contribution in [3.8, 4) is 5.75 Å². The van der Waals surface area contributed by atoms with Crippen LogP contribution in [-0.4, -0.2) is 32.9 Å². The Hall–Kier alpha value is -3.32. The summed E-state index contributed by atoms with van der Waals surface area (Å²) in [6.45, 7) is 4.84. The summed E-state index contributed by atoms with van der Waals surface area (Å²) in [5, 5.41) is 0. The van der Waals surface area contributed by atoms with Crippen molar-refractivity contribution in [2.75, 3.05) is 18.4 Å². The molecule has 3 aromatic rings. The van der Waals surface area contributed by atoms with Crippen molar-refractivity contribution in [3.63, 3.8) is 0 Å². The lowest BCUT2D eigenvalue weighted by Gasteiger charge is -2.18. The van der Waals surface area contributed by atoms with Crippen molar-refractivity contribution >= 4 is 21.6 Å². The van der Waals surface area contributed by atoms with Gasteiger partial charge in [0.25, 0.3) is 15.9 Å². The lowest BCUT2D eigenvalue weighted by Crippen LogP contribution is -2.26. The predicted molar refractivity (Wildman–Crippen MR) is 122 cm³/mol. The average Bonchev–Trinajstić information content (AvgIpc) is 2.76. The number of aryl methyl sites for hydroxylation is 1. The average molecular weight is 439 g/mol. The molecule has 0 saturated carbocycles. The van der Waals surface area contributed by atoms with Gasteiger partial charge in [-0.05, 0) is 61.9 Å². The second-order valence-electron chi connectivity index (χ2n) is 7.24. The monoisotopic (exact) mass is 438 g/mol. The first-order valence-electron chi connectivity index (χ1n) is 9.95. The molecule has 0 heterocycles. The fourth-order valence-electron chi connectivity index (χ4n) is 3.06. The molecule has 31 heavy (non-hydrogen) atoms. The predicted octanol–water partition coefficient (Wildman–Crippen LogP) is 4.47. The molecule has 0 aliphatic heterocycles. The first-order valence-corrected chi connectivity index (χ1v) is 11.4. The third kappa shape index (κ3) is 5.86. The smallest absolute Gasteiger partial charge is 0.261 e. The van der Waals surface area contributed by atoms with Crippen molar-refractivity contribution in [1.29, 1.82) is 0 Å². The largest absolute Gasteiger partial charge is 0.494 e. The zero-order valence-corrected chi connectivity index (χ0v) is 18.6. The molecule has 3 rings (SSSR count). The molecule has 0 bridgehead atoms. The Morgan fingerprint density at radius 1 is 1.00 bits per heavy atom. The standard InChI is InChI=1S/C24H26N2O4S/c1-4-30-22-14-10-19(11-15-22)17-26(3)24(27)20-6-5-7-23(16-20)31(28,29)25-21-12-8-18(2)9-13-21/h5-16,25H,4,17H2,1-3H3. The SMILES string of the molecule is CCOc1ccc(CN(C)C(=O)c2cccc(S(=O)(=O)Nc3ccc(C)cc3)c2)cc1. The molecule has 0 atom stereocenters. The minimum atomic E-state index is -3.81. The Morgan fingerprint density at radius 2 is 1.68 bits per heavy atom. The fraction of sp³-hybridized carbons (Fsp3) is 0.208. The second-order valence-corrected chi connectivity index (χ2v) is 8.92. The molecule has 162 valence electrons. The van der Waals surface area contributed by atoms with E-state index in [0.717, 1.165) is 16.9 Å². The van der Waals surface area contributed by atoms with Crippen LogP contribution in [0.25, 0.3) is 0 Å². The molecule has 0 spiro atoms. The molecule has 3 aromatic carbocycles. The van der Waals surface area contributed by atoms with Crippen LogP contribution >= 0.6 is 0 Å². The molecule has 0 saturated heterocycles. The first kappa shape index (κ1) is 22.4. The number of ether oxygens (including phenoxy) is 1. The maximum Gasteiger partial charge on any atom is 0.261 e. The number of sulfonamides is 1. The van der Waals surface area contributed by atoms with Crippen LogP contribution in [0.3, 0.4) is 0 Å². The molecule has 0 radical (unpaired) electrons. The molecular formula is C24H26N2O4S. The van der Waals surface area contributed by atoms with Crippen LogP contribution in [0.15, 0.2) is 77.7 Å². The van der Waals surface area contributed by atoms with E-state index >= 15 is 0 Å². The van der Waals surface area contributed by atoms with Crippen molar-refractivity contribution in [3.05, 3.63) is 89.5 Å². The van der Waals surface area contributed by atoms with Gasteiger partial charge < -0.3 is 9.64 Å². The zero-order chi connectivity index (χ0) is 22.4. The third-order valence-corrected chi connectivity index (χ3v) is 6.07. The van der Waals surface area contributed by atoms with Gasteiger partial charge in [-0.3, -0.25) is 9.52 Å². The zero-order valence-electron chi connectivity index (χ0n) is 17.8. The molecule has 1 amide bonds. The van der Waals surface area contributed by atoms with Crippen molar-refractivity contribution < 1.29 is 17.9 Å². The lowest BCUT2D eigenvalue weighted by atomic mass is 10.1. The first-order chi connectivity index (χ1) is 14.8. The van der Waals surface area contributed by atoms with E-state index in [1.165, 1.54) is 12.1 Å². The van der Waals surface area contributed by atoms with E-state index in [-0.39, 0.29) is 10.8 Å². The summed E-state index contributed by atoms with van der Waals surface area (Å²) in [7, 11) is -2.13. The van der Waals surface area contributed by atoms with E-state index in [1.807, 2.05) is 50.2 Å². The number of hydrogen-bond acceptors (Lipinski definition) is 4. The van der Waals surface area contributed by atoms with E-state index in [0.29, 0.717) is 24.4 Å². The van der Waals surface area contributed by atoms with Crippen LogP contribution in [0.1, 0.15) is 28.4 Å². The summed E-state index contributed by atoms with van der Waals surface area (Å²) < 4.78 is 33.5. The Labute approximate surface area is 183 Å². The second kappa shape index (κ2) is 9.66. The van der Waals surface area contributed by atoms with Crippen molar-refractivity contribution in [2.24, 2.45) is 0 Å². The van der Waals surface area contributed by atoms with Crippen LogP contribution in [0.2, 0.25) is 0 Å². The molecule has 0 aliphatic carbocycles. The van der Waals surface area contributed by atoms with E-state index < -0.39 is 10.0 Å². The van der Waals surface area contributed by atoms with Gasteiger partial charge in [0.2, 0.25) is 0 Å². The Bertz CT molecular complexity index is 1140. The van der Waals surface area contributed by atoms with Crippen LogP contribution in [0.4, 0.5) is 5.69 Å². The third-order valence-electron chi connectivity index (χ3n) is 4.70. The molecular weight excluding hydrogens is 412 g/mol. The van der Waals surface area contributed by atoms with E-state index in [9.17, 15) is 13.2 Å². The number of nitrogens with zero attached hydrogens (tertiary/aromatic N) is 1. The number of nitrogens with one attached hydrogen (secondary N) is 1. The summed E-state index contributed by atoms with van der Waals surface area (Å²) in [5.74, 6) is 0.514.